The van der Waals surface area contributed by atoms with Gasteiger partial charge in [-0.3, -0.25) is 4.79 Å². The van der Waals surface area contributed by atoms with Crippen LogP contribution in [0.2, 0.25) is 0 Å². The van der Waals surface area contributed by atoms with Gasteiger partial charge in [0.25, 0.3) is 0 Å². The lowest BCUT2D eigenvalue weighted by Gasteiger charge is -2.36. The van der Waals surface area contributed by atoms with Gasteiger partial charge >= 0.3 is 0 Å². The number of carbonyl (C=O) groups is 1. The highest BCUT2D eigenvalue weighted by Crippen LogP contribution is 2.23. The molecule has 4 heteroatoms. The van der Waals surface area contributed by atoms with Gasteiger partial charge in [-0.2, -0.15) is 0 Å². The average molecular weight is 267 g/mol. The molecule has 2 aliphatic rings. The number of amides is 1. The molecule has 4 atom stereocenters. The number of likely N-dealkylation sites (tertiary alicyclic amines) is 1. The molecule has 0 radical (unpaired) electrons. The van der Waals surface area contributed by atoms with Gasteiger partial charge in [-0.25, -0.2) is 0 Å². The first-order valence-corrected chi connectivity index (χ1v) is 7.82. The van der Waals surface area contributed by atoms with E-state index in [4.69, 9.17) is 5.73 Å². The maximum Gasteiger partial charge on any atom is 0.224 e. The van der Waals surface area contributed by atoms with Crippen molar-refractivity contribution in [1.82, 2.24) is 10.2 Å². The fraction of sp³-hybridized carbons (Fsp3) is 0.933. The van der Waals surface area contributed by atoms with Crippen molar-refractivity contribution in [2.24, 2.45) is 17.6 Å². The topological polar surface area (TPSA) is 58.4 Å². The lowest BCUT2D eigenvalue weighted by Crippen LogP contribution is -2.52. The second kappa shape index (κ2) is 6.71. The Bertz CT molecular complexity index is 308. The molecular formula is C15H29N3O. The van der Waals surface area contributed by atoms with Crippen molar-refractivity contribution < 1.29 is 4.79 Å². The molecule has 0 aromatic carbocycles. The summed E-state index contributed by atoms with van der Waals surface area (Å²) in [7, 11) is 2.15. The van der Waals surface area contributed by atoms with E-state index in [9.17, 15) is 4.79 Å². The Balaban J connectivity index is 1.88. The van der Waals surface area contributed by atoms with E-state index < -0.39 is 0 Å². The molecule has 0 bridgehead atoms. The van der Waals surface area contributed by atoms with Crippen LogP contribution in [0.15, 0.2) is 0 Å². The minimum absolute atomic E-state index is 0.0364. The Morgan fingerprint density at radius 2 is 1.95 bits per heavy atom. The molecule has 0 aromatic heterocycles. The zero-order valence-corrected chi connectivity index (χ0v) is 12.4. The standard InChI is InChI=1S/C15H29N3O/c1-11-10-18(2)9-8-14(11)17-15(19)12-6-4-3-5-7-13(12)16/h11-14H,3-10,16H2,1-2H3,(H,17,19). The lowest BCUT2D eigenvalue weighted by atomic mass is 9.91. The number of nitrogens with two attached hydrogens (primary N) is 1. The summed E-state index contributed by atoms with van der Waals surface area (Å²) >= 11 is 0. The van der Waals surface area contributed by atoms with E-state index in [0.717, 1.165) is 38.8 Å². The molecule has 3 N–H and O–H groups in total. The molecule has 2 rings (SSSR count). The van der Waals surface area contributed by atoms with Gasteiger partial charge in [-0.05, 0) is 38.8 Å². The van der Waals surface area contributed by atoms with Gasteiger partial charge in [0.05, 0.1) is 5.92 Å². The van der Waals surface area contributed by atoms with Crippen molar-refractivity contribution in [3.8, 4) is 0 Å². The van der Waals surface area contributed by atoms with E-state index in [2.05, 4.69) is 24.2 Å². The Kier molecular flexibility index (Phi) is 5.22. The van der Waals surface area contributed by atoms with Gasteiger partial charge in [-0.15, -0.1) is 0 Å². The Hall–Kier alpha value is -0.610. The van der Waals surface area contributed by atoms with E-state index in [1.807, 2.05) is 0 Å². The monoisotopic (exact) mass is 267 g/mol. The first-order chi connectivity index (χ1) is 9.08. The van der Waals surface area contributed by atoms with Crippen LogP contribution in [0, 0.1) is 11.8 Å². The summed E-state index contributed by atoms with van der Waals surface area (Å²) in [5, 5.41) is 3.27. The number of piperidine rings is 1. The Morgan fingerprint density at radius 1 is 1.21 bits per heavy atom. The van der Waals surface area contributed by atoms with Gasteiger partial charge in [-0.1, -0.05) is 26.2 Å². The fourth-order valence-electron chi connectivity index (χ4n) is 3.52. The zero-order valence-electron chi connectivity index (χ0n) is 12.4. The number of hydrogen-bond acceptors (Lipinski definition) is 3. The molecule has 4 unspecified atom stereocenters. The molecular weight excluding hydrogens is 238 g/mol. The first kappa shape index (κ1) is 14.8. The quantitative estimate of drug-likeness (QED) is 0.743. The second-order valence-electron chi connectivity index (χ2n) is 6.55. The normalized spacial score (nSPS) is 37.6. The van der Waals surface area contributed by atoms with Gasteiger partial charge in [0, 0.05) is 18.6 Å². The van der Waals surface area contributed by atoms with Crippen LogP contribution >= 0.6 is 0 Å². The highest BCUT2D eigenvalue weighted by molar-refractivity contribution is 5.79. The summed E-state index contributed by atoms with van der Waals surface area (Å²) in [6.07, 6.45) is 6.58. The molecule has 110 valence electrons. The van der Waals surface area contributed by atoms with E-state index in [0.29, 0.717) is 12.0 Å². The molecule has 0 aromatic rings. The summed E-state index contributed by atoms with van der Waals surface area (Å²) in [5.41, 5.74) is 6.17. The van der Waals surface area contributed by atoms with Crippen LogP contribution in [0.25, 0.3) is 0 Å². The molecule has 0 spiro atoms. The minimum atomic E-state index is 0.0364. The molecule has 1 heterocycles. The summed E-state index contributed by atoms with van der Waals surface area (Å²) in [4.78, 5) is 14.8. The van der Waals surface area contributed by atoms with E-state index in [1.54, 1.807) is 0 Å². The Morgan fingerprint density at radius 3 is 2.68 bits per heavy atom. The number of nitrogens with one attached hydrogen (secondary N) is 1. The summed E-state index contributed by atoms with van der Waals surface area (Å²) < 4.78 is 0. The molecule has 1 aliphatic carbocycles. The maximum absolute atomic E-state index is 12.5. The van der Waals surface area contributed by atoms with Crippen LogP contribution < -0.4 is 11.1 Å². The molecule has 1 aliphatic heterocycles. The minimum Gasteiger partial charge on any atom is -0.353 e. The largest absolute Gasteiger partial charge is 0.353 e. The summed E-state index contributed by atoms with van der Waals surface area (Å²) in [6, 6.07) is 0.392. The summed E-state index contributed by atoms with van der Waals surface area (Å²) in [6.45, 7) is 4.38. The molecule has 19 heavy (non-hydrogen) atoms. The molecule has 1 saturated carbocycles. The van der Waals surface area contributed by atoms with Gasteiger partial charge in [0.2, 0.25) is 5.91 Å². The van der Waals surface area contributed by atoms with Gasteiger partial charge in [0.15, 0.2) is 0 Å². The smallest absolute Gasteiger partial charge is 0.224 e. The van der Waals surface area contributed by atoms with E-state index >= 15 is 0 Å². The fourth-order valence-corrected chi connectivity index (χ4v) is 3.52. The van der Waals surface area contributed by atoms with Gasteiger partial charge < -0.3 is 16.0 Å². The van der Waals surface area contributed by atoms with Crippen molar-refractivity contribution in [2.45, 2.75) is 57.5 Å². The van der Waals surface area contributed by atoms with Crippen molar-refractivity contribution in [3.63, 3.8) is 0 Å². The van der Waals surface area contributed by atoms with Crippen molar-refractivity contribution >= 4 is 5.91 Å². The van der Waals surface area contributed by atoms with Crippen LogP contribution in [0.3, 0.4) is 0 Å². The van der Waals surface area contributed by atoms with E-state index in [1.165, 1.54) is 12.8 Å². The lowest BCUT2D eigenvalue weighted by molar-refractivity contribution is -0.127. The number of nitrogens with zero attached hydrogens (tertiary/aromatic N) is 1. The van der Waals surface area contributed by atoms with E-state index in [-0.39, 0.29) is 17.9 Å². The maximum atomic E-state index is 12.5. The molecule has 1 amide bonds. The highest BCUT2D eigenvalue weighted by Gasteiger charge is 2.31. The third-order valence-electron chi connectivity index (χ3n) is 4.84. The van der Waals surface area contributed by atoms with Crippen LogP contribution in [0.5, 0.6) is 0 Å². The predicted molar refractivity (Wildman–Crippen MR) is 77.8 cm³/mol. The highest BCUT2D eigenvalue weighted by atomic mass is 16.2. The predicted octanol–water partition coefficient (Wildman–Crippen LogP) is 1.35. The van der Waals surface area contributed by atoms with Gasteiger partial charge in [0.1, 0.15) is 0 Å². The molecule has 4 nitrogen and oxygen atoms in total. The van der Waals surface area contributed by atoms with Crippen LogP contribution in [0.1, 0.15) is 45.4 Å². The molecule has 2 fully saturated rings. The van der Waals surface area contributed by atoms with Crippen molar-refractivity contribution in [3.05, 3.63) is 0 Å². The number of rotatable bonds is 2. The third kappa shape index (κ3) is 3.93. The SMILES string of the molecule is CC1CN(C)CCC1NC(=O)C1CCCCCC1N. The summed E-state index contributed by atoms with van der Waals surface area (Å²) in [5.74, 6) is 0.773. The van der Waals surface area contributed by atoms with Crippen molar-refractivity contribution in [2.75, 3.05) is 20.1 Å². The number of carbonyl (C=O) groups excluding carboxylic acids is 1. The first-order valence-electron chi connectivity index (χ1n) is 7.82. The van der Waals surface area contributed by atoms with Crippen molar-refractivity contribution in [1.29, 1.82) is 0 Å². The second-order valence-corrected chi connectivity index (χ2v) is 6.55. The average Bonchev–Trinajstić information content (AvgIpc) is 2.57. The van der Waals surface area contributed by atoms with Crippen LogP contribution in [0.4, 0.5) is 0 Å². The third-order valence-corrected chi connectivity index (χ3v) is 4.84. The Labute approximate surface area is 117 Å². The van der Waals surface area contributed by atoms with Crippen LogP contribution in [-0.4, -0.2) is 43.0 Å². The number of hydrogen-bond donors (Lipinski definition) is 2. The van der Waals surface area contributed by atoms with Crippen LogP contribution in [-0.2, 0) is 4.79 Å². The zero-order chi connectivity index (χ0) is 13.8. The molecule has 1 saturated heterocycles.